The number of para-hydroxylation sites is 1. The van der Waals surface area contributed by atoms with Crippen molar-refractivity contribution >= 4 is 6.09 Å². The summed E-state index contributed by atoms with van der Waals surface area (Å²) in [5.74, 6) is -3.08. The van der Waals surface area contributed by atoms with Gasteiger partial charge in [-0.1, -0.05) is 18.2 Å². The molecule has 1 amide bonds. The van der Waals surface area contributed by atoms with Crippen LogP contribution in [0.15, 0.2) is 24.3 Å². The number of halogens is 2. The van der Waals surface area contributed by atoms with Crippen LogP contribution in [0.4, 0.5) is 13.6 Å². The number of carbonyl (C=O) groups excluding carboxylic acids is 1. The molecule has 0 saturated heterocycles. The number of hydrogen-bond acceptors (Lipinski definition) is 4. The van der Waals surface area contributed by atoms with E-state index in [1.165, 1.54) is 6.07 Å². The van der Waals surface area contributed by atoms with E-state index in [1.54, 1.807) is 39.0 Å². The highest BCUT2D eigenvalue weighted by Crippen LogP contribution is 2.16. The molecule has 3 N–H and O–H groups in total. The average Bonchev–Trinajstić information content (AvgIpc) is 2.37. The quantitative estimate of drug-likeness (QED) is 0.754. The number of alkyl halides is 2. The number of nitrogens with one attached hydrogen (secondary N) is 2. The molecule has 0 aliphatic carbocycles. The summed E-state index contributed by atoms with van der Waals surface area (Å²) in [7, 11) is 0. The van der Waals surface area contributed by atoms with Crippen LogP contribution >= 0.6 is 0 Å². The molecular formula is C15H22F2N2O3. The summed E-state index contributed by atoms with van der Waals surface area (Å²) in [5, 5.41) is 14.1. The van der Waals surface area contributed by atoms with Gasteiger partial charge in [-0.2, -0.15) is 0 Å². The molecule has 1 aromatic rings. The van der Waals surface area contributed by atoms with E-state index in [2.05, 4.69) is 5.32 Å². The Balaban J connectivity index is 2.35. The summed E-state index contributed by atoms with van der Waals surface area (Å²) < 4.78 is 32.1. The monoisotopic (exact) mass is 316 g/mol. The molecule has 5 nitrogen and oxygen atoms in total. The van der Waals surface area contributed by atoms with E-state index in [9.17, 15) is 18.7 Å². The minimum atomic E-state index is -3.12. The molecule has 0 saturated carbocycles. The highest BCUT2D eigenvalue weighted by Gasteiger charge is 2.30. The number of ether oxygens (including phenoxy) is 1. The van der Waals surface area contributed by atoms with Gasteiger partial charge in [-0.25, -0.2) is 13.6 Å². The van der Waals surface area contributed by atoms with E-state index in [1.807, 2.05) is 5.32 Å². The van der Waals surface area contributed by atoms with Crippen molar-refractivity contribution in [2.24, 2.45) is 0 Å². The molecule has 0 aromatic heterocycles. The van der Waals surface area contributed by atoms with Crippen LogP contribution in [0, 0.1) is 0 Å². The Morgan fingerprint density at radius 1 is 1.23 bits per heavy atom. The molecule has 0 fully saturated rings. The highest BCUT2D eigenvalue weighted by molar-refractivity contribution is 5.67. The van der Waals surface area contributed by atoms with Crippen molar-refractivity contribution in [2.45, 2.75) is 38.8 Å². The third kappa shape index (κ3) is 7.21. The van der Waals surface area contributed by atoms with Gasteiger partial charge in [0.05, 0.1) is 13.1 Å². The number of amides is 1. The standard InChI is InChI=1S/C15H22F2N2O3/c1-14(2,3)22-13(21)19-10-15(16,17)9-18-8-11-6-4-5-7-12(11)20/h4-7,18,20H,8-10H2,1-3H3,(H,19,21). The SMILES string of the molecule is CC(C)(C)OC(=O)NCC(F)(F)CNCc1ccccc1O. The van der Waals surface area contributed by atoms with Gasteiger partial charge in [0, 0.05) is 12.1 Å². The number of benzene rings is 1. The molecule has 0 unspecified atom stereocenters. The van der Waals surface area contributed by atoms with Crippen LogP contribution in [0.3, 0.4) is 0 Å². The van der Waals surface area contributed by atoms with E-state index in [0.717, 1.165) is 0 Å². The number of phenols is 1. The van der Waals surface area contributed by atoms with Crippen LogP contribution in [-0.4, -0.2) is 35.8 Å². The Morgan fingerprint density at radius 2 is 1.86 bits per heavy atom. The zero-order valence-electron chi connectivity index (χ0n) is 13.0. The lowest BCUT2D eigenvalue weighted by molar-refractivity contribution is -0.00379. The van der Waals surface area contributed by atoms with Gasteiger partial charge in [-0.05, 0) is 26.8 Å². The van der Waals surface area contributed by atoms with Gasteiger partial charge < -0.3 is 20.5 Å². The predicted molar refractivity (Wildman–Crippen MR) is 79.0 cm³/mol. The summed E-state index contributed by atoms with van der Waals surface area (Å²) in [6.07, 6.45) is -0.882. The van der Waals surface area contributed by atoms with Gasteiger partial charge in [0.15, 0.2) is 0 Å². The van der Waals surface area contributed by atoms with Crippen molar-refractivity contribution in [1.82, 2.24) is 10.6 Å². The third-order valence-corrected chi connectivity index (χ3v) is 2.58. The summed E-state index contributed by atoms with van der Waals surface area (Å²) >= 11 is 0. The van der Waals surface area contributed by atoms with Crippen molar-refractivity contribution in [3.63, 3.8) is 0 Å². The average molecular weight is 316 g/mol. The van der Waals surface area contributed by atoms with Crippen molar-refractivity contribution in [1.29, 1.82) is 0 Å². The topological polar surface area (TPSA) is 70.6 Å². The number of rotatable bonds is 6. The minimum Gasteiger partial charge on any atom is -0.508 e. The zero-order chi connectivity index (χ0) is 16.8. The molecule has 1 aromatic carbocycles. The number of hydrogen-bond donors (Lipinski definition) is 3. The fraction of sp³-hybridized carbons (Fsp3) is 0.533. The summed E-state index contributed by atoms with van der Waals surface area (Å²) in [5.41, 5.74) is -0.207. The molecule has 0 aliphatic heterocycles. The van der Waals surface area contributed by atoms with Gasteiger partial charge in [-0.15, -0.1) is 0 Å². The second-order valence-electron chi connectivity index (χ2n) is 5.94. The van der Waals surface area contributed by atoms with E-state index in [4.69, 9.17) is 4.74 Å². The molecule has 0 bridgehead atoms. The Morgan fingerprint density at radius 3 is 2.45 bits per heavy atom. The summed E-state index contributed by atoms with van der Waals surface area (Å²) in [4.78, 5) is 11.3. The first-order chi connectivity index (χ1) is 10.1. The molecule has 0 heterocycles. The molecule has 124 valence electrons. The number of phenolic OH excluding ortho intramolecular Hbond substituents is 1. The molecular weight excluding hydrogens is 294 g/mol. The van der Waals surface area contributed by atoms with Crippen LogP contribution in [-0.2, 0) is 11.3 Å². The zero-order valence-corrected chi connectivity index (χ0v) is 13.0. The number of aromatic hydroxyl groups is 1. The first-order valence-corrected chi connectivity index (χ1v) is 6.91. The fourth-order valence-electron chi connectivity index (χ4n) is 1.62. The van der Waals surface area contributed by atoms with Gasteiger partial charge in [-0.3, -0.25) is 0 Å². The molecule has 7 heteroatoms. The van der Waals surface area contributed by atoms with Crippen LogP contribution in [0.5, 0.6) is 5.75 Å². The lowest BCUT2D eigenvalue weighted by Gasteiger charge is -2.22. The van der Waals surface area contributed by atoms with E-state index < -0.39 is 30.7 Å². The van der Waals surface area contributed by atoms with E-state index in [0.29, 0.717) is 5.56 Å². The maximum Gasteiger partial charge on any atom is 0.407 e. The predicted octanol–water partition coefficient (Wildman–Crippen LogP) is 2.64. The van der Waals surface area contributed by atoms with Crippen molar-refractivity contribution in [3.8, 4) is 5.75 Å². The third-order valence-electron chi connectivity index (χ3n) is 2.58. The van der Waals surface area contributed by atoms with Gasteiger partial charge in [0.1, 0.15) is 11.4 Å². The Bertz CT molecular complexity index is 502. The molecule has 0 aliphatic rings. The van der Waals surface area contributed by atoms with Gasteiger partial charge >= 0.3 is 6.09 Å². The van der Waals surface area contributed by atoms with Crippen molar-refractivity contribution in [2.75, 3.05) is 13.1 Å². The molecule has 0 spiro atoms. The maximum absolute atomic E-state index is 13.6. The van der Waals surface area contributed by atoms with Crippen LogP contribution < -0.4 is 10.6 Å². The largest absolute Gasteiger partial charge is 0.508 e. The molecule has 0 radical (unpaired) electrons. The normalized spacial score (nSPS) is 12.0. The van der Waals surface area contributed by atoms with Crippen LogP contribution in [0.25, 0.3) is 0 Å². The highest BCUT2D eigenvalue weighted by atomic mass is 19.3. The minimum absolute atomic E-state index is 0.0465. The smallest absolute Gasteiger partial charge is 0.407 e. The van der Waals surface area contributed by atoms with Crippen LogP contribution in [0.1, 0.15) is 26.3 Å². The maximum atomic E-state index is 13.6. The van der Waals surface area contributed by atoms with E-state index >= 15 is 0 Å². The molecule has 22 heavy (non-hydrogen) atoms. The van der Waals surface area contributed by atoms with Gasteiger partial charge in [0.2, 0.25) is 0 Å². The fourth-order valence-corrected chi connectivity index (χ4v) is 1.62. The van der Waals surface area contributed by atoms with Crippen LogP contribution in [0.2, 0.25) is 0 Å². The first-order valence-electron chi connectivity index (χ1n) is 6.91. The summed E-state index contributed by atoms with van der Waals surface area (Å²) in [6, 6.07) is 6.48. The Hall–Kier alpha value is -1.89. The van der Waals surface area contributed by atoms with E-state index in [-0.39, 0.29) is 12.3 Å². The van der Waals surface area contributed by atoms with Crippen molar-refractivity contribution < 1.29 is 23.4 Å². The molecule has 1 rings (SSSR count). The second-order valence-corrected chi connectivity index (χ2v) is 5.94. The number of alkyl carbamates (subject to hydrolysis) is 1. The summed E-state index contributed by atoms with van der Waals surface area (Å²) in [6.45, 7) is 3.61. The Labute approximate surface area is 128 Å². The molecule has 0 atom stereocenters. The second kappa shape index (κ2) is 7.40. The first kappa shape index (κ1) is 18.2. The van der Waals surface area contributed by atoms with Crippen molar-refractivity contribution in [3.05, 3.63) is 29.8 Å². The lowest BCUT2D eigenvalue weighted by atomic mass is 10.2. The van der Waals surface area contributed by atoms with Gasteiger partial charge in [0.25, 0.3) is 5.92 Å². The lowest BCUT2D eigenvalue weighted by Crippen LogP contribution is -2.44. The Kier molecular flexibility index (Phi) is 6.11. The number of carbonyl (C=O) groups is 1.